The average Bonchev–Trinajstić information content (AvgIpc) is 2.85. The van der Waals surface area contributed by atoms with E-state index in [1.54, 1.807) is 49.4 Å². The van der Waals surface area contributed by atoms with Crippen molar-refractivity contribution in [2.45, 2.75) is 45.8 Å². The topological polar surface area (TPSA) is 78.9 Å². The van der Waals surface area contributed by atoms with Crippen LogP contribution in [-0.4, -0.2) is 37.0 Å². The Balaban J connectivity index is 1.26. The SMILES string of the molecule is C=C(C)C(=O)OCC1CCC(COC(C)Oc2ccc3c(c2)C(=O)c2ccccc2C3=O)CC1. The Morgan fingerprint density at radius 2 is 1.47 bits per heavy atom. The molecule has 0 heterocycles. The van der Waals surface area contributed by atoms with Crippen molar-refractivity contribution in [1.82, 2.24) is 0 Å². The van der Waals surface area contributed by atoms with Crippen LogP contribution in [0.15, 0.2) is 54.6 Å². The fourth-order valence-electron chi connectivity index (χ4n) is 4.53. The molecule has 2 aromatic rings. The Morgan fingerprint density at radius 1 is 0.912 bits per heavy atom. The number of rotatable bonds is 8. The van der Waals surface area contributed by atoms with E-state index in [0.717, 1.165) is 25.7 Å². The van der Waals surface area contributed by atoms with Crippen molar-refractivity contribution in [3.8, 4) is 5.75 Å². The molecule has 1 saturated carbocycles. The summed E-state index contributed by atoms with van der Waals surface area (Å²) in [6, 6.07) is 11.9. The van der Waals surface area contributed by atoms with Crippen molar-refractivity contribution in [2.75, 3.05) is 13.2 Å². The second kappa shape index (κ2) is 10.3. The summed E-state index contributed by atoms with van der Waals surface area (Å²) in [6.07, 6.45) is 3.52. The zero-order valence-corrected chi connectivity index (χ0v) is 19.7. The number of carbonyl (C=O) groups is 3. The molecule has 34 heavy (non-hydrogen) atoms. The van der Waals surface area contributed by atoms with Gasteiger partial charge in [-0.3, -0.25) is 9.59 Å². The van der Waals surface area contributed by atoms with E-state index in [2.05, 4.69) is 6.58 Å². The van der Waals surface area contributed by atoms with Crippen LogP contribution in [0.25, 0.3) is 0 Å². The second-order valence-corrected chi connectivity index (χ2v) is 9.20. The summed E-state index contributed by atoms with van der Waals surface area (Å²) in [5, 5.41) is 0. The highest BCUT2D eigenvalue weighted by molar-refractivity contribution is 6.28. The molecule has 6 heteroatoms. The van der Waals surface area contributed by atoms with Crippen molar-refractivity contribution in [3.05, 3.63) is 76.9 Å². The third-order valence-corrected chi connectivity index (χ3v) is 6.53. The number of benzene rings is 2. The van der Waals surface area contributed by atoms with Crippen LogP contribution in [0, 0.1) is 11.8 Å². The van der Waals surface area contributed by atoms with Gasteiger partial charge in [-0.25, -0.2) is 4.79 Å². The van der Waals surface area contributed by atoms with Gasteiger partial charge in [0.15, 0.2) is 17.9 Å². The number of hydrogen-bond acceptors (Lipinski definition) is 6. The van der Waals surface area contributed by atoms with Gasteiger partial charge in [0.2, 0.25) is 0 Å². The molecular formula is C28H30O6. The van der Waals surface area contributed by atoms with Crippen LogP contribution >= 0.6 is 0 Å². The van der Waals surface area contributed by atoms with E-state index in [4.69, 9.17) is 14.2 Å². The molecule has 0 aromatic heterocycles. The molecular weight excluding hydrogens is 432 g/mol. The number of carbonyl (C=O) groups excluding carboxylic acids is 3. The normalized spacial score (nSPS) is 20.2. The monoisotopic (exact) mass is 462 g/mol. The maximum Gasteiger partial charge on any atom is 0.333 e. The third-order valence-electron chi connectivity index (χ3n) is 6.53. The molecule has 1 fully saturated rings. The summed E-state index contributed by atoms with van der Waals surface area (Å²) < 4.78 is 17.1. The minimum absolute atomic E-state index is 0.147. The Labute approximate surface area is 199 Å². The fourth-order valence-corrected chi connectivity index (χ4v) is 4.53. The molecule has 0 N–H and O–H groups in total. The number of fused-ring (bicyclic) bond motifs is 2. The number of esters is 1. The van der Waals surface area contributed by atoms with Gasteiger partial charge in [-0.2, -0.15) is 0 Å². The lowest BCUT2D eigenvalue weighted by Crippen LogP contribution is -2.26. The van der Waals surface area contributed by atoms with Crippen LogP contribution in [0.1, 0.15) is 71.4 Å². The maximum atomic E-state index is 12.9. The predicted octanol–water partition coefficient (Wildman–Crippen LogP) is 5.13. The van der Waals surface area contributed by atoms with Gasteiger partial charge in [-0.1, -0.05) is 30.8 Å². The van der Waals surface area contributed by atoms with E-state index >= 15 is 0 Å². The molecule has 178 valence electrons. The summed E-state index contributed by atoms with van der Waals surface area (Å²) in [6.45, 7) is 8.11. The van der Waals surface area contributed by atoms with Gasteiger partial charge in [0.25, 0.3) is 0 Å². The van der Waals surface area contributed by atoms with Crippen LogP contribution < -0.4 is 4.74 Å². The van der Waals surface area contributed by atoms with E-state index in [9.17, 15) is 14.4 Å². The summed E-state index contributed by atoms with van der Waals surface area (Å²) in [7, 11) is 0. The van der Waals surface area contributed by atoms with Crippen molar-refractivity contribution in [3.63, 3.8) is 0 Å². The lowest BCUT2D eigenvalue weighted by Gasteiger charge is -2.29. The number of ether oxygens (including phenoxy) is 3. The average molecular weight is 463 g/mol. The summed E-state index contributed by atoms with van der Waals surface area (Å²) >= 11 is 0. The molecule has 4 rings (SSSR count). The van der Waals surface area contributed by atoms with Crippen molar-refractivity contribution in [1.29, 1.82) is 0 Å². The van der Waals surface area contributed by atoms with Crippen LogP contribution in [0.4, 0.5) is 0 Å². The Morgan fingerprint density at radius 3 is 2.09 bits per heavy atom. The van der Waals surface area contributed by atoms with Gasteiger partial charge in [0.05, 0.1) is 13.2 Å². The van der Waals surface area contributed by atoms with Crippen molar-refractivity contribution in [2.24, 2.45) is 11.8 Å². The number of ketones is 2. The molecule has 6 nitrogen and oxygen atoms in total. The largest absolute Gasteiger partial charge is 0.465 e. The van der Waals surface area contributed by atoms with E-state index in [-0.39, 0.29) is 17.5 Å². The van der Waals surface area contributed by atoms with Gasteiger partial charge in [0.1, 0.15) is 5.75 Å². The zero-order chi connectivity index (χ0) is 24.2. The first-order valence-electron chi connectivity index (χ1n) is 11.8. The van der Waals surface area contributed by atoms with Crippen LogP contribution in [0.2, 0.25) is 0 Å². The molecule has 0 bridgehead atoms. The molecule has 0 amide bonds. The van der Waals surface area contributed by atoms with Crippen LogP contribution in [0.3, 0.4) is 0 Å². The van der Waals surface area contributed by atoms with Gasteiger partial charge in [-0.05, 0) is 69.6 Å². The Bertz CT molecular complexity index is 1110. The lowest BCUT2D eigenvalue weighted by molar-refractivity contribution is -0.140. The first kappa shape index (κ1) is 23.9. The van der Waals surface area contributed by atoms with E-state index in [1.807, 2.05) is 6.92 Å². The quantitative estimate of drug-likeness (QED) is 0.262. The summed E-state index contributed by atoms with van der Waals surface area (Å²) in [5.41, 5.74) is 2.05. The minimum Gasteiger partial charge on any atom is -0.465 e. The lowest BCUT2D eigenvalue weighted by atomic mass is 9.83. The molecule has 0 radical (unpaired) electrons. The smallest absolute Gasteiger partial charge is 0.333 e. The van der Waals surface area contributed by atoms with Crippen molar-refractivity contribution >= 4 is 17.5 Å². The Kier molecular flexibility index (Phi) is 7.27. The summed E-state index contributed by atoms with van der Waals surface area (Å²) in [4.78, 5) is 37.2. The van der Waals surface area contributed by atoms with Gasteiger partial charge in [0, 0.05) is 27.8 Å². The molecule has 0 spiro atoms. The minimum atomic E-state index is -0.492. The van der Waals surface area contributed by atoms with E-state index < -0.39 is 6.29 Å². The highest BCUT2D eigenvalue weighted by Gasteiger charge is 2.30. The molecule has 1 unspecified atom stereocenters. The molecule has 0 aliphatic heterocycles. The fraction of sp³-hybridized carbons (Fsp3) is 0.393. The zero-order valence-electron chi connectivity index (χ0n) is 19.7. The molecule has 2 aliphatic rings. The van der Waals surface area contributed by atoms with Crippen LogP contribution in [-0.2, 0) is 14.3 Å². The maximum absolute atomic E-state index is 12.9. The molecule has 0 saturated heterocycles. The Hall–Kier alpha value is -3.25. The molecule has 2 aromatic carbocycles. The van der Waals surface area contributed by atoms with Gasteiger partial charge < -0.3 is 14.2 Å². The van der Waals surface area contributed by atoms with Gasteiger partial charge in [-0.15, -0.1) is 0 Å². The summed E-state index contributed by atoms with van der Waals surface area (Å²) in [5.74, 6) is 0.664. The molecule has 1 atom stereocenters. The first-order chi connectivity index (χ1) is 16.3. The predicted molar refractivity (Wildman–Crippen MR) is 127 cm³/mol. The highest BCUT2D eigenvalue weighted by atomic mass is 16.7. The highest BCUT2D eigenvalue weighted by Crippen LogP contribution is 2.31. The third kappa shape index (κ3) is 5.28. The molecule has 2 aliphatic carbocycles. The van der Waals surface area contributed by atoms with E-state index in [0.29, 0.717) is 58.6 Å². The van der Waals surface area contributed by atoms with Crippen LogP contribution in [0.5, 0.6) is 5.75 Å². The number of hydrogen-bond donors (Lipinski definition) is 0. The van der Waals surface area contributed by atoms with Gasteiger partial charge >= 0.3 is 5.97 Å². The van der Waals surface area contributed by atoms with Crippen molar-refractivity contribution < 1.29 is 28.6 Å². The standard InChI is InChI=1S/C28H30O6/c1-17(2)28(31)33-16-20-10-8-19(9-11-20)15-32-18(3)34-21-12-13-24-25(14-21)27(30)23-7-5-4-6-22(23)26(24)29/h4-7,12-14,18-20H,1,8-11,15-16H2,2-3H3. The second-order valence-electron chi connectivity index (χ2n) is 9.20. The van der Waals surface area contributed by atoms with E-state index in [1.165, 1.54) is 0 Å². The first-order valence-corrected chi connectivity index (χ1v) is 11.8.